The molecule has 0 N–H and O–H groups in total. The van der Waals surface area contributed by atoms with Crippen LogP contribution in [0.25, 0.3) is 11.0 Å². The van der Waals surface area contributed by atoms with Crippen LogP contribution < -0.4 is 4.74 Å². The van der Waals surface area contributed by atoms with Crippen LogP contribution in [0.1, 0.15) is 47.1 Å². The first-order chi connectivity index (χ1) is 14.6. The molecule has 2 aliphatic heterocycles. The molecule has 0 saturated heterocycles. The number of aromatic nitrogens is 4. The van der Waals surface area contributed by atoms with Crippen LogP contribution >= 0.6 is 11.6 Å². The molecule has 0 fully saturated rings. The summed E-state index contributed by atoms with van der Waals surface area (Å²) in [5.74, 6) is 1.55. The van der Waals surface area contributed by atoms with Gasteiger partial charge in [-0.2, -0.15) is 8.78 Å². The van der Waals surface area contributed by atoms with Gasteiger partial charge >= 0.3 is 6.61 Å². The van der Waals surface area contributed by atoms with Crippen LogP contribution in [0.15, 0.2) is 54.9 Å². The van der Waals surface area contributed by atoms with Gasteiger partial charge in [-0.25, -0.2) is 15.0 Å². The van der Waals surface area contributed by atoms with Gasteiger partial charge in [-0.1, -0.05) is 23.7 Å². The van der Waals surface area contributed by atoms with Crippen molar-refractivity contribution in [3.63, 3.8) is 0 Å². The standard InChI is InChI=1S/C22H15ClF2N4O/c23-11-5-6-14-15(9-11)29-16-10-13(21(29)28-14)18(20-26-7-2-8-27-20)12-3-1-4-17(19(12)16)30-22(24)25/h1-9,13,16,18,22H,10H2/t13-,16-,18?/m1/s1. The van der Waals surface area contributed by atoms with Crippen molar-refractivity contribution in [2.45, 2.75) is 30.9 Å². The van der Waals surface area contributed by atoms with Gasteiger partial charge in [-0.05, 0) is 42.3 Å². The molecule has 2 aromatic carbocycles. The fraction of sp³-hybridized carbons (Fsp3) is 0.227. The zero-order valence-corrected chi connectivity index (χ0v) is 16.3. The molecule has 0 spiro atoms. The second-order valence-corrected chi connectivity index (χ2v) is 7.99. The summed E-state index contributed by atoms with van der Waals surface area (Å²) in [6.07, 6.45) is 4.11. The number of benzene rings is 2. The van der Waals surface area contributed by atoms with E-state index in [1.54, 1.807) is 36.7 Å². The van der Waals surface area contributed by atoms with Crippen molar-refractivity contribution in [2.24, 2.45) is 0 Å². The number of alkyl halides is 2. The highest BCUT2D eigenvalue weighted by Gasteiger charge is 2.48. The van der Waals surface area contributed by atoms with Crippen molar-refractivity contribution in [3.05, 3.63) is 82.7 Å². The highest BCUT2D eigenvalue weighted by molar-refractivity contribution is 6.31. The minimum Gasteiger partial charge on any atom is -0.434 e. The smallest absolute Gasteiger partial charge is 0.387 e. The van der Waals surface area contributed by atoms with E-state index < -0.39 is 6.61 Å². The zero-order valence-electron chi connectivity index (χ0n) is 15.5. The summed E-state index contributed by atoms with van der Waals surface area (Å²) in [6.45, 7) is -2.91. The molecule has 5 nitrogen and oxygen atoms in total. The quantitative estimate of drug-likeness (QED) is 0.447. The van der Waals surface area contributed by atoms with Crippen molar-refractivity contribution in [1.29, 1.82) is 0 Å². The van der Waals surface area contributed by atoms with Crippen molar-refractivity contribution in [1.82, 2.24) is 19.5 Å². The minimum atomic E-state index is -2.91. The van der Waals surface area contributed by atoms with E-state index in [2.05, 4.69) is 14.5 Å². The lowest BCUT2D eigenvalue weighted by molar-refractivity contribution is -0.0508. The Balaban J connectivity index is 1.66. The van der Waals surface area contributed by atoms with Crippen molar-refractivity contribution in [2.75, 3.05) is 0 Å². The summed E-state index contributed by atoms with van der Waals surface area (Å²) in [5, 5.41) is 0.604. The van der Waals surface area contributed by atoms with Gasteiger partial charge in [0.05, 0.1) is 23.0 Å². The Bertz CT molecular complexity index is 1280. The summed E-state index contributed by atoms with van der Waals surface area (Å²) < 4.78 is 33.5. The topological polar surface area (TPSA) is 52.8 Å². The molecule has 3 atom stereocenters. The molecular weight excluding hydrogens is 410 g/mol. The Hall–Kier alpha value is -3.06. The zero-order chi connectivity index (χ0) is 20.4. The summed E-state index contributed by atoms with van der Waals surface area (Å²) >= 11 is 6.26. The molecule has 2 aliphatic rings. The normalized spacial score (nSPS) is 21.7. The fourth-order valence-electron chi connectivity index (χ4n) is 5.05. The maximum Gasteiger partial charge on any atom is 0.387 e. The average molecular weight is 425 g/mol. The van der Waals surface area contributed by atoms with Crippen molar-refractivity contribution >= 4 is 22.6 Å². The number of hydrogen-bond acceptors (Lipinski definition) is 4. The molecule has 4 heterocycles. The number of ether oxygens (including phenoxy) is 1. The summed E-state index contributed by atoms with van der Waals surface area (Å²) in [6, 6.07) is 12.5. The molecule has 0 aliphatic carbocycles. The Labute approximate surface area is 175 Å². The van der Waals surface area contributed by atoms with Crippen molar-refractivity contribution < 1.29 is 13.5 Å². The molecule has 2 aromatic heterocycles. The van der Waals surface area contributed by atoms with Gasteiger partial charge in [0, 0.05) is 28.9 Å². The van der Waals surface area contributed by atoms with Gasteiger partial charge in [0.1, 0.15) is 17.4 Å². The van der Waals surface area contributed by atoms with Gasteiger partial charge in [-0.3, -0.25) is 0 Å². The van der Waals surface area contributed by atoms with Crippen LogP contribution in [0.3, 0.4) is 0 Å². The first-order valence-electron chi connectivity index (χ1n) is 9.63. The van der Waals surface area contributed by atoms with E-state index in [9.17, 15) is 8.78 Å². The predicted molar refractivity (Wildman–Crippen MR) is 107 cm³/mol. The molecule has 2 bridgehead atoms. The predicted octanol–water partition coefficient (Wildman–Crippen LogP) is 5.30. The Morgan fingerprint density at radius 1 is 1.10 bits per heavy atom. The molecule has 6 rings (SSSR count). The van der Waals surface area contributed by atoms with Crippen LogP contribution in [0.2, 0.25) is 5.02 Å². The van der Waals surface area contributed by atoms with Crippen LogP contribution in [0.5, 0.6) is 5.75 Å². The Kier molecular flexibility index (Phi) is 3.83. The molecule has 0 radical (unpaired) electrons. The maximum absolute atomic E-state index is 13.2. The van der Waals surface area contributed by atoms with Gasteiger partial charge in [0.25, 0.3) is 0 Å². The third-order valence-corrected chi connectivity index (χ3v) is 6.28. The van der Waals surface area contributed by atoms with Gasteiger partial charge < -0.3 is 9.30 Å². The SMILES string of the molecule is FC(F)Oc1cccc2c1[C@H]1C[C@@H](c3nc4ccc(Cl)cc4n31)C2c1ncccn1. The highest BCUT2D eigenvalue weighted by Crippen LogP contribution is 2.58. The van der Waals surface area contributed by atoms with Gasteiger partial charge in [0.15, 0.2) is 0 Å². The third-order valence-electron chi connectivity index (χ3n) is 6.05. The average Bonchev–Trinajstić information content (AvgIpc) is 3.25. The lowest BCUT2D eigenvalue weighted by atomic mass is 9.74. The van der Waals surface area contributed by atoms with E-state index in [0.717, 1.165) is 28.0 Å². The third kappa shape index (κ3) is 2.48. The lowest BCUT2D eigenvalue weighted by Gasteiger charge is -2.31. The largest absolute Gasteiger partial charge is 0.434 e. The number of nitrogens with zero attached hydrogens (tertiary/aromatic N) is 4. The molecular formula is C22H15ClF2N4O. The molecule has 0 saturated carbocycles. The van der Waals surface area contributed by atoms with Crippen LogP contribution in [-0.2, 0) is 0 Å². The molecule has 30 heavy (non-hydrogen) atoms. The first-order valence-corrected chi connectivity index (χ1v) is 10.0. The minimum absolute atomic E-state index is 0.0258. The molecule has 4 aromatic rings. The van der Waals surface area contributed by atoms with Crippen LogP contribution in [0, 0.1) is 0 Å². The van der Waals surface area contributed by atoms with Crippen molar-refractivity contribution in [3.8, 4) is 5.75 Å². The fourth-order valence-corrected chi connectivity index (χ4v) is 5.22. The molecule has 1 unspecified atom stereocenters. The Morgan fingerprint density at radius 3 is 2.73 bits per heavy atom. The first kappa shape index (κ1) is 17.8. The van der Waals surface area contributed by atoms with E-state index in [-0.39, 0.29) is 23.6 Å². The number of rotatable bonds is 3. The van der Waals surface area contributed by atoms with E-state index >= 15 is 0 Å². The van der Waals surface area contributed by atoms with Crippen LogP contribution in [-0.4, -0.2) is 26.1 Å². The maximum atomic E-state index is 13.2. The van der Waals surface area contributed by atoms with E-state index in [4.69, 9.17) is 21.3 Å². The summed E-state index contributed by atoms with van der Waals surface area (Å²) in [5.41, 5.74) is 3.36. The summed E-state index contributed by atoms with van der Waals surface area (Å²) in [4.78, 5) is 13.9. The van der Waals surface area contributed by atoms with E-state index in [0.29, 0.717) is 17.3 Å². The number of imidazole rings is 1. The second-order valence-electron chi connectivity index (χ2n) is 7.55. The lowest BCUT2D eigenvalue weighted by Crippen LogP contribution is -2.22. The molecule has 0 amide bonds. The molecule has 150 valence electrons. The second kappa shape index (κ2) is 6.47. The monoisotopic (exact) mass is 424 g/mol. The number of hydrogen-bond donors (Lipinski definition) is 0. The summed E-state index contributed by atoms with van der Waals surface area (Å²) in [7, 11) is 0. The van der Waals surface area contributed by atoms with E-state index in [1.165, 1.54) is 0 Å². The Morgan fingerprint density at radius 2 is 1.93 bits per heavy atom. The van der Waals surface area contributed by atoms with Crippen LogP contribution in [0.4, 0.5) is 8.78 Å². The number of halogens is 3. The van der Waals surface area contributed by atoms with Gasteiger partial charge in [-0.15, -0.1) is 0 Å². The highest BCUT2D eigenvalue weighted by atomic mass is 35.5. The van der Waals surface area contributed by atoms with Gasteiger partial charge in [0.2, 0.25) is 0 Å². The van der Waals surface area contributed by atoms with E-state index in [1.807, 2.05) is 18.2 Å². The number of fused-ring (bicyclic) bond motifs is 3. The molecule has 8 heteroatoms.